The summed E-state index contributed by atoms with van der Waals surface area (Å²) in [7, 11) is 1.37. The van der Waals surface area contributed by atoms with Crippen molar-refractivity contribution in [2.24, 2.45) is 0 Å². The SMILES string of the molecule is COC(=O)c1ccc(NCc2cccc(C)c2O)c(C)c1. The lowest BCUT2D eigenvalue weighted by Gasteiger charge is -2.12. The van der Waals surface area contributed by atoms with Crippen molar-refractivity contribution >= 4 is 11.7 Å². The van der Waals surface area contributed by atoms with Crippen LogP contribution in [0, 0.1) is 13.8 Å². The van der Waals surface area contributed by atoms with Crippen LogP contribution in [0.5, 0.6) is 5.75 Å². The number of hydrogen-bond donors (Lipinski definition) is 2. The smallest absolute Gasteiger partial charge is 0.337 e. The molecule has 2 N–H and O–H groups in total. The topological polar surface area (TPSA) is 58.6 Å². The molecule has 110 valence electrons. The van der Waals surface area contributed by atoms with E-state index in [0.717, 1.165) is 22.4 Å². The minimum Gasteiger partial charge on any atom is -0.507 e. The summed E-state index contributed by atoms with van der Waals surface area (Å²) in [4.78, 5) is 11.5. The molecule has 0 radical (unpaired) electrons. The van der Waals surface area contributed by atoms with Gasteiger partial charge in [-0.3, -0.25) is 0 Å². The molecule has 0 aliphatic heterocycles. The molecular weight excluding hydrogens is 266 g/mol. The number of benzene rings is 2. The standard InChI is InChI=1S/C17H19NO3/c1-11-5-4-6-14(16(11)19)10-18-15-8-7-13(9-12(15)2)17(20)21-3/h4-9,18-19H,10H2,1-3H3. The lowest BCUT2D eigenvalue weighted by molar-refractivity contribution is 0.0600. The zero-order chi connectivity index (χ0) is 15.4. The summed E-state index contributed by atoms with van der Waals surface area (Å²) in [5.74, 6) is -0.0326. The van der Waals surface area contributed by atoms with E-state index in [0.29, 0.717) is 17.9 Å². The van der Waals surface area contributed by atoms with E-state index in [1.54, 1.807) is 12.1 Å². The van der Waals surface area contributed by atoms with Gasteiger partial charge in [-0.05, 0) is 43.2 Å². The molecule has 0 heterocycles. The van der Waals surface area contributed by atoms with Crippen LogP contribution in [0.2, 0.25) is 0 Å². The molecule has 0 saturated carbocycles. The third-order valence-corrected chi connectivity index (χ3v) is 3.44. The van der Waals surface area contributed by atoms with Crippen molar-refractivity contribution in [3.05, 3.63) is 58.7 Å². The summed E-state index contributed by atoms with van der Waals surface area (Å²) in [5.41, 5.74) is 4.09. The quantitative estimate of drug-likeness (QED) is 0.845. The summed E-state index contributed by atoms with van der Waals surface area (Å²) in [6, 6.07) is 11.0. The van der Waals surface area contributed by atoms with Crippen LogP contribution >= 0.6 is 0 Å². The maximum absolute atomic E-state index is 11.5. The number of carbonyl (C=O) groups is 1. The molecule has 0 aliphatic rings. The molecule has 0 amide bonds. The number of aryl methyl sites for hydroxylation is 2. The summed E-state index contributed by atoms with van der Waals surface area (Å²) >= 11 is 0. The number of rotatable bonds is 4. The molecule has 4 heteroatoms. The summed E-state index contributed by atoms with van der Waals surface area (Å²) in [6.45, 7) is 4.31. The van der Waals surface area contributed by atoms with Gasteiger partial charge in [0.15, 0.2) is 0 Å². The number of esters is 1. The van der Waals surface area contributed by atoms with Crippen LogP contribution < -0.4 is 5.32 Å². The largest absolute Gasteiger partial charge is 0.507 e. The number of ether oxygens (including phenoxy) is 1. The van der Waals surface area contributed by atoms with Crippen molar-refractivity contribution in [1.82, 2.24) is 0 Å². The minimum atomic E-state index is -0.346. The van der Waals surface area contributed by atoms with Gasteiger partial charge < -0.3 is 15.2 Å². The Hall–Kier alpha value is -2.49. The van der Waals surface area contributed by atoms with Crippen molar-refractivity contribution in [2.45, 2.75) is 20.4 Å². The monoisotopic (exact) mass is 285 g/mol. The van der Waals surface area contributed by atoms with E-state index < -0.39 is 0 Å². The summed E-state index contributed by atoms with van der Waals surface area (Å²) < 4.78 is 4.70. The van der Waals surface area contributed by atoms with Crippen molar-refractivity contribution in [1.29, 1.82) is 0 Å². The number of aromatic hydroxyl groups is 1. The molecule has 0 bridgehead atoms. The third kappa shape index (κ3) is 3.34. The first-order valence-electron chi connectivity index (χ1n) is 6.73. The van der Waals surface area contributed by atoms with Gasteiger partial charge in [-0.2, -0.15) is 0 Å². The number of nitrogens with one attached hydrogen (secondary N) is 1. The first-order chi connectivity index (χ1) is 10.0. The average Bonchev–Trinajstić information content (AvgIpc) is 2.49. The summed E-state index contributed by atoms with van der Waals surface area (Å²) in [5, 5.41) is 13.3. The van der Waals surface area contributed by atoms with Crippen LogP contribution in [-0.2, 0) is 11.3 Å². The number of phenols is 1. The van der Waals surface area contributed by atoms with Crippen molar-refractivity contribution < 1.29 is 14.6 Å². The number of methoxy groups -OCH3 is 1. The van der Waals surface area contributed by atoms with Gasteiger partial charge in [-0.1, -0.05) is 18.2 Å². The second-order valence-electron chi connectivity index (χ2n) is 4.96. The van der Waals surface area contributed by atoms with Gasteiger partial charge in [0.1, 0.15) is 5.75 Å². The fourth-order valence-electron chi connectivity index (χ4n) is 2.16. The molecule has 0 aliphatic carbocycles. The van der Waals surface area contributed by atoms with Crippen molar-refractivity contribution in [2.75, 3.05) is 12.4 Å². The predicted molar refractivity (Wildman–Crippen MR) is 82.7 cm³/mol. The first-order valence-corrected chi connectivity index (χ1v) is 6.73. The molecule has 4 nitrogen and oxygen atoms in total. The molecular formula is C17H19NO3. The minimum absolute atomic E-state index is 0.314. The van der Waals surface area contributed by atoms with Gasteiger partial charge in [0.2, 0.25) is 0 Å². The Morgan fingerprint density at radius 3 is 2.62 bits per heavy atom. The zero-order valence-corrected chi connectivity index (χ0v) is 12.4. The molecule has 2 aromatic rings. The predicted octanol–water partition coefficient (Wildman–Crippen LogP) is 3.41. The van der Waals surface area contributed by atoms with E-state index in [1.807, 2.05) is 38.1 Å². The molecule has 0 atom stereocenters. The Morgan fingerprint density at radius 1 is 1.19 bits per heavy atom. The van der Waals surface area contributed by atoms with Crippen molar-refractivity contribution in [3.8, 4) is 5.75 Å². The van der Waals surface area contributed by atoms with Crippen LogP contribution in [0.25, 0.3) is 0 Å². The van der Waals surface area contributed by atoms with Gasteiger partial charge in [-0.15, -0.1) is 0 Å². The maximum Gasteiger partial charge on any atom is 0.337 e. The van der Waals surface area contributed by atoms with Crippen molar-refractivity contribution in [3.63, 3.8) is 0 Å². The summed E-state index contributed by atoms with van der Waals surface area (Å²) in [6.07, 6.45) is 0. The van der Waals surface area contributed by atoms with Crippen LogP contribution in [0.15, 0.2) is 36.4 Å². The Balaban J connectivity index is 2.13. The van der Waals surface area contributed by atoms with Gasteiger partial charge in [0.05, 0.1) is 12.7 Å². The lowest BCUT2D eigenvalue weighted by atomic mass is 10.1. The molecule has 0 saturated heterocycles. The lowest BCUT2D eigenvalue weighted by Crippen LogP contribution is -2.05. The number of anilines is 1. The van der Waals surface area contributed by atoms with Crippen LogP contribution in [0.1, 0.15) is 27.0 Å². The first kappa shape index (κ1) is 14.9. The van der Waals surface area contributed by atoms with E-state index in [4.69, 9.17) is 4.74 Å². The van der Waals surface area contributed by atoms with E-state index in [-0.39, 0.29) is 5.97 Å². The van der Waals surface area contributed by atoms with Gasteiger partial charge in [0.25, 0.3) is 0 Å². The van der Waals surface area contributed by atoms with E-state index >= 15 is 0 Å². The molecule has 0 fully saturated rings. The molecule has 0 unspecified atom stereocenters. The van der Waals surface area contributed by atoms with Gasteiger partial charge in [-0.25, -0.2) is 4.79 Å². The Kier molecular flexibility index (Phi) is 4.48. The highest BCUT2D eigenvalue weighted by Gasteiger charge is 2.08. The Bertz CT molecular complexity index is 665. The second kappa shape index (κ2) is 6.31. The number of hydrogen-bond acceptors (Lipinski definition) is 4. The zero-order valence-electron chi connectivity index (χ0n) is 12.4. The van der Waals surface area contributed by atoms with E-state index in [2.05, 4.69) is 5.32 Å². The number of carbonyl (C=O) groups excluding carboxylic acids is 1. The molecule has 0 aromatic heterocycles. The highest BCUT2D eigenvalue weighted by molar-refractivity contribution is 5.90. The van der Waals surface area contributed by atoms with Gasteiger partial charge >= 0.3 is 5.97 Å². The Morgan fingerprint density at radius 2 is 1.95 bits per heavy atom. The molecule has 2 aromatic carbocycles. The number of phenolic OH excluding ortho intramolecular Hbond substituents is 1. The molecule has 2 rings (SSSR count). The highest BCUT2D eigenvalue weighted by Crippen LogP contribution is 2.24. The molecule has 0 spiro atoms. The van der Waals surface area contributed by atoms with Crippen LogP contribution in [0.4, 0.5) is 5.69 Å². The van der Waals surface area contributed by atoms with E-state index in [9.17, 15) is 9.90 Å². The Labute approximate surface area is 124 Å². The average molecular weight is 285 g/mol. The highest BCUT2D eigenvalue weighted by atomic mass is 16.5. The molecule has 21 heavy (non-hydrogen) atoms. The van der Waals surface area contributed by atoms with Crippen LogP contribution in [0.3, 0.4) is 0 Å². The second-order valence-corrected chi connectivity index (χ2v) is 4.96. The fraction of sp³-hybridized carbons (Fsp3) is 0.235. The van der Waals surface area contributed by atoms with Gasteiger partial charge in [0, 0.05) is 17.8 Å². The number of para-hydroxylation sites is 1. The third-order valence-electron chi connectivity index (χ3n) is 3.44. The van der Waals surface area contributed by atoms with Crippen LogP contribution in [-0.4, -0.2) is 18.2 Å². The normalized spacial score (nSPS) is 10.2. The maximum atomic E-state index is 11.5. The van der Waals surface area contributed by atoms with E-state index in [1.165, 1.54) is 7.11 Å². The fourth-order valence-corrected chi connectivity index (χ4v) is 2.16.